The maximum atomic E-state index is 13.9. The van der Waals surface area contributed by atoms with Crippen LogP contribution in [0.5, 0.6) is 23.0 Å². The van der Waals surface area contributed by atoms with Crippen LogP contribution >= 0.6 is 24.0 Å². The number of nitrogens with zero attached hydrogens (tertiary/aromatic N) is 5. The predicted octanol–water partition coefficient (Wildman–Crippen LogP) is 4.21. The van der Waals surface area contributed by atoms with Crippen LogP contribution in [0.3, 0.4) is 0 Å². The minimum atomic E-state index is -0.232. The SMILES string of the molecule is COc1ccc(CCN2C(=O)/C(=C\c3c(N4CCN(Cc5ccc6c(c5)OCO6)CC4)nc4ccccn4c3=O)SC2=S)cc1OC. The lowest BCUT2D eigenvalue weighted by atomic mass is 10.1. The largest absolute Gasteiger partial charge is 0.493 e. The number of benzene rings is 2. The highest BCUT2D eigenvalue weighted by Crippen LogP contribution is 2.35. The van der Waals surface area contributed by atoms with Crippen molar-refractivity contribution in [3.05, 3.63) is 92.7 Å². The molecule has 0 spiro atoms. The van der Waals surface area contributed by atoms with E-state index in [9.17, 15) is 9.59 Å². The zero-order valence-corrected chi connectivity index (χ0v) is 27.6. The summed E-state index contributed by atoms with van der Waals surface area (Å²) in [4.78, 5) is 39.0. The Balaban J connectivity index is 1.11. The number of hydrogen-bond donors (Lipinski definition) is 0. The highest BCUT2D eigenvalue weighted by molar-refractivity contribution is 8.26. The summed E-state index contributed by atoms with van der Waals surface area (Å²) < 4.78 is 23.7. The van der Waals surface area contributed by atoms with Gasteiger partial charge in [0.25, 0.3) is 11.5 Å². The molecule has 11 nitrogen and oxygen atoms in total. The van der Waals surface area contributed by atoms with Crippen molar-refractivity contribution in [3.63, 3.8) is 0 Å². The van der Waals surface area contributed by atoms with Crippen LogP contribution in [0.15, 0.2) is 70.5 Å². The van der Waals surface area contributed by atoms with E-state index in [-0.39, 0.29) is 18.3 Å². The Bertz CT molecular complexity index is 1960. The third-order valence-electron chi connectivity index (χ3n) is 8.48. The third kappa shape index (κ3) is 6.25. The quantitative estimate of drug-likeness (QED) is 0.189. The fourth-order valence-electron chi connectivity index (χ4n) is 5.97. The summed E-state index contributed by atoms with van der Waals surface area (Å²) in [7, 11) is 3.18. The average Bonchev–Trinajstić information content (AvgIpc) is 3.67. The van der Waals surface area contributed by atoms with E-state index in [1.807, 2.05) is 42.5 Å². The van der Waals surface area contributed by atoms with Crippen molar-refractivity contribution in [1.29, 1.82) is 0 Å². The van der Waals surface area contributed by atoms with Gasteiger partial charge in [0, 0.05) is 45.5 Å². The number of piperazine rings is 1. The molecule has 0 saturated carbocycles. The highest BCUT2D eigenvalue weighted by Gasteiger charge is 2.33. The molecular weight excluding hydrogens is 639 g/mol. The summed E-state index contributed by atoms with van der Waals surface area (Å²) in [6.07, 6.45) is 3.93. The smallest absolute Gasteiger partial charge is 0.267 e. The number of rotatable bonds is 9. The molecule has 5 heterocycles. The lowest BCUT2D eigenvalue weighted by Crippen LogP contribution is -2.47. The van der Waals surface area contributed by atoms with Gasteiger partial charge < -0.3 is 23.8 Å². The number of methoxy groups -OCH3 is 2. The molecule has 2 aromatic carbocycles. The molecule has 2 aromatic heterocycles. The van der Waals surface area contributed by atoms with Gasteiger partial charge in [-0.2, -0.15) is 0 Å². The Labute approximate surface area is 281 Å². The fourth-order valence-corrected chi connectivity index (χ4v) is 7.26. The van der Waals surface area contributed by atoms with E-state index in [4.69, 9.17) is 36.1 Å². The average molecular weight is 672 g/mol. The molecule has 0 radical (unpaired) electrons. The number of pyridine rings is 1. The maximum absolute atomic E-state index is 13.9. The van der Waals surface area contributed by atoms with E-state index < -0.39 is 0 Å². The van der Waals surface area contributed by atoms with Crippen molar-refractivity contribution in [2.75, 3.05) is 58.6 Å². The molecule has 1 amide bonds. The van der Waals surface area contributed by atoms with Crippen LogP contribution in [0.1, 0.15) is 16.7 Å². The maximum Gasteiger partial charge on any atom is 0.267 e. The second-order valence-electron chi connectivity index (χ2n) is 11.3. The van der Waals surface area contributed by atoms with Gasteiger partial charge in [0.15, 0.2) is 23.0 Å². The molecule has 2 saturated heterocycles. The number of carbonyl (C=O) groups is 1. The summed E-state index contributed by atoms with van der Waals surface area (Å²) in [5.41, 5.74) is 2.83. The van der Waals surface area contributed by atoms with Gasteiger partial charge in [0.05, 0.1) is 24.7 Å². The highest BCUT2D eigenvalue weighted by atomic mass is 32.2. The molecule has 4 aromatic rings. The van der Waals surface area contributed by atoms with Crippen LogP contribution in [0.25, 0.3) is 11.7 Å². The zero-order chi connectivity index (χ0) is 32.5. The van der Waals surface area contributed by atoms with E-state index in [2.05, 4.69) is 15.9 Å². The van der Waals surface area contributed by atoms with Crippen molar-refractivity contribution in [3.8, 4) is 23.0 Å². The van der Waals surface area contributed by atoms with Crippen LogP contribution in [-0.4, -0.2) is 83.1 Å². The molecule has 0 N–H and O–H groups in total. The summed E-state index contributed by atoms with van der Waals surface area (Å²) >= 11 is 6.84. The Morgan fingerprint density at radius 1 is 0.936 bits per heavy atom. The topological polar surface area (TPSA) is 98.1 Å². The molecule has 3 aliphatic rings. The molecule has 0 bridgehead atoms. The number of thiocarbonyl (C=S) groups is 1. The number of amides is 1. The number of hydrogen-bond acceptors (Lipinski definition) is 11. The molecule has 242 valence electrons. The molecule has 47 heavy (non-hydrogen) atoms. The monoisotopic (exact) mass is 671 g/mol. The first-order chi connectivity index (χ1) is 22.9. The van der Waals surface area contributed by atoms with Crippen LogP contribution in [-0.2, 0) is 17.8 Å². The van der Waals surface area contributed by atoms with Gasteiger partial charge in [0.1, 0.15) is 15.8 Å². The van der Waals surface area contributed by atoms with Crippen molar-refractivity contribution in [1.82, 2.24) is 19.2 Å². The Morgan fingerprint density at radius 2 is 1.72 bits per heavy atom. The lowest BCUT2D eigenvalue weighted by Gasteiger charge is -2.36. The van der Waals surface area contributed by atoms with Crippen LogP contribution in [0, 0.1) is 0 Å². The summed E-state index contributed by atoms with van der Waals surface area (Å²) in [6, 6.07) is 17.2. The molecule has 7 rings (SSSR count). The molecule has 2 fully saturated rings. The first-order valence-corrected chi connectivity index (χ1v) is 16.5. The zero-order valence-electron chi connectivity index (χ0n) is 26.0. The number of fused-ring (bicyclic) bond motifs is 2. The summed E-state index contributed by atoms with van der Waals surface area (Å²) in [5, 5.41) is 0. The predicted molar refractivity (Wildman–Crippen MR) is 185 cm³/mol. The standard InChI is InChI=1S/C34H33N5O6S2/c1-42-25-8-6-22(17-27(25)43-2)10-12-39-33(41)29(47-34(39)46)19-24-31(35-30-5-3-4-11-38(30)32(24)40)37-15-13-36(14-16-37)20-23-7-9-26-28(18-23)45-21-44-26/h3-9,11,17-19H,10,12-16,20-21H2,1-2H3/b29-19+. The van der Waals surface area contributed by atoms with Crippen LogP contribution in [0.2, 0.25) is 0 Å². The first-order valence-electron chi connectivity index (χ1n) is 15.3. The van der Waals surface area contributed by atoms with E-state index in [1.54, 1.807) is 37.5 Å². The number of anilines is 1. The van der Waals surface area contributed by atoms with Crippen molar-refractivity contribution in [2.45, 2.75) is 13.0 Å². The Hall–Kier alpha value is -4.59. The van der Waals surface area contributed by atoms with Crippen molar-refractivity contribution in [2.24, 2.45) is 0 Å². The lowest BCUT2D eigenvalue weighted by molar-refractivity contribution is -0.122. The van der Waals surface area contributed by atoms with Gasteiger partial charge in [0.2, 0.25) is 6.79 Å². The van der Waals surface area contributed by atoms with E-state index in [0.717, 1.165) is 42.3 Å². The number of thioether (sulfide) groups is 1. The van der Waals surface area contributed by atoms with Crippen LogP contribution in [0.4, 0.5) is 5.82 Å². The van der Waals surface area contributed by atoms with Gasteiger partial charge in [-0.05, 0) is 60.0 Å². The van der Waals surface area contributed by atoms with Gasteiger partial charge in [-0.25, -0.2) is 4.98 Å². The molecule has 0 atom stereocenters. The second kappa shape index (κ2) is 13.3. The summed E-state index contributed by atoms with van der Waals surface area (Å²) in [5.74, 6) is 3.16. The van der Waals surface area contributed by atoms with Crippen molar-refractivity contribution >= 4 is 51.7 Å². The molecule has 0 unspecified atom stereocenters. The van der Waals surface area contributed by atoms with E-state index in [1.165, 1.54) is 16.2 Å². The third-order valence-corrected chi connectivity index (χ3v) is 9.86. The summed E-state index contributed by atoms with van der Waals surface area (Å²) in [6.45, 7) is 4.33. The van der Waals surface area contributed by atoms with Gasteiger partial charge >= 0.3 is 0 Å². The second-order valence-corrected chi connectivity index (χ2v) is 13.0. The molecule has 3 aliphatic heterocycles. The Kier molecular flexibility index (Phi) is 8.76. The van der Waals surface area contributed by atoms with Crippen molar-refractivity contribution < 1.29 is 23.7 Å². The fraction of sp³-hybridized carbons (Fsp3) is 0.294. The van der Waals surface area contributed by atoms with Gasteiger partial charge in [-0.3, -0.25) is 23.8 Å². The van der Waals surface area contributed by atoms with Gasteiger partial charge in [-0.1, -0.05) is 42.2 Å². The normalized spacial score (nSPS) is 17.3. The number of aromatic nitrogens is 2. The molecular formula is C34H33N5O6S2. The van der Waals surface area contributed by atoms with Gasteiger partial charge in [-0.15, -0.1) is 0 Å². The molecule has 13 heteroatoms. The minimum absolute atomic E-state index is 0.225. The first kappa shape index (κ1) is 31.0. The van der Waals surface area contributed by atoms with Crippen LogP contribution < -0.4 is 29.4 Å². The minimum Gasteiger partial charge on any atom is -0.493 e. The van der Waals surface area contributed by atoms with E-state index in [0.29, 0.717) is 63.8 Å². The number of carbonyl (C=O) groups excluding carboxylic acids is 1. The Morgan fingerprint density at radius 3 is 2.53 bits per heavy atom. The van der Waals surface area contributed by atoms with E-state index >= 15 is 0 Å². The molecule has 0 aliphatic carbocycles. The number of ether oxygens (including phenoxy) is 4.